The molecule has 0 radical (unpaired) electrons. The van der Waals surface area contributed by atoms with Crippen LogP contribution in [0.3, 0.4) is 0 Å². The fourth-order valence-corrected chi connectivity index (χ4v) is 1.53. The molecule has 0 aliphatic heterocycles. The molecule has 1 heterocycles. The van der Waals surface area contributed by atoms with E-state index in [2.05, 4.69) is 15.5 Å². The smallest absolute Gasteiger partial charge is 0.231 e. The van der Waals surface area contributed by atoms with Crippen LogP contribution < -0.4 is 5.32 Å². The second-order valence-corrected chi connectivity index (χ2v) is 4.41. The molecule has 0 aliphatic rings. The second kappa shape index (κ2) is 5.73. The van der Waals surface area contributed by atoms with Gasteiger partial charge in [-0.2, -0.15) is 4.98 Å². The highest BCUT2D eigenvalue weighted by Gasteiger charge is 2.09. The average molecular weight is 249 g/mol. The zero-order valence-corrected chi connectivity index (χ0v) is 10.5. The monoisotopic (exact) mass is 249 g/mol. The Morgan fingerprint density at radius 3 is 2.83 bits per heavy atom. The van der Waals surface area contributed by atoms with Gasteiger partial charge in [-0.05, 0) is 11.6 Å². The molecule has 0 saturated carbocycles. The Morgan fingerprint density at radius 1 is 1.33 bits per heavy atom. The summed E-state index contributed by atoms with van der Waals surface area (Å²) in [5.41, 5.74) is 0.560. The van der Waals surface area contributed by atoms with Gasteiger partial charge in [0, 0.05) is 6.04 Å². The lowest BCUT2D eigenvalue weighted by Gasteiger charge is -2.03. The van der Waals surface area contributed by atoms with Crippen molar-refractivity contribution in [2.24, 2.45) is 0 Å². The molecular formula is C13H16FN3O. The Hall–Kier alpha value is -1.75. The summed E-state index contributed by atoms with van der Waals surface area (Å²) in [5, 5.41) is 7.03. The van der Waals surface area contributed by atoms with E-state index in [4.69, 9.17) is 4.52 Å². The molecule has 2 rings (SSSR count). The first-order valence-electron chi connectivity index (χ1n) is 5.93. The summed E-state index contributed by atoms with van der Waals surface area (Å²) in [4.78, 5) is 4.21. The van der Waals surface area contributed by atoms with Crippen molar-refractivity contribution in [3.8, 4) is 0 Å². The topological polar surface area (TPSA) is 51.0 Å². The molecular weight excluding hydrogens is 233 g/mol. The van der Waals surface area contributed by atoms with E-state index in [0.29, 0.717) is 36.3 Å². The Morgan fingerprint density at radius 2 is 2.11 bits per heavy atom. The first-order chi connectivity index (χ1) is 8.65. The fourth-order valence-electron chi connectivity index (χ4n) is 1.53. The van der Waals surface area contributed by atoms with Crippen LogP contribution in [0.25, 0.3) is 0 Å². The van der Waals surface area contributed by atoms with Gasteiger partial charge in [0.2, 0.25) is 5.89 Å². The second-order valence-electron chi connectivity index (χ2n) is 4.41. The lowest BCUT2D eigenvalue weighted by atomic mass is 10.1. The highest BCUT2D eigenvalue weighted by molar-refractivity contribution is 5.20. The van der Waals surface area contributed by atoms with E-state index in [9.17, 15) is 4.39 Å². The van der Waals surface area contributed by atoms with Crippen molar-refractivity contribution in [1.29, 1.82) is 0 Å². The van der Waals surface area contributed by atoms with Crippen LogP contribution in [0.4, 0.5) is 4.39 Å². The third-order valence-corrected chi connectivity index (χ3v) is 2.48. The molecule has 5 heteroatoms. The third kappa shape index (κ3) is 3.37. The normalized spacial score (nSPS) is 11.1. The van der Waals surface area contributed by atoms with Crippen LogP contribution in [0.1, 0.15) is 31.1 Å². The van der Waals surface area contributed by atoms with Gasteiger partial charge in [0.15, 0.2) is 5.82 Å². The molecule has 0 aliphatic carbocycles. The Balaban J connectivity index is 2.00. The van der Waals surface area contributed by atoms with Crippen molar-refractivity contribution in [3.63, 3.8) is 0 Å². The summed E-state index contributed by atoms with van der Waals surface area (Å²) < 4.78 is 18.5. The van der Waals surface area contributed by atoms with Gasteiger partial charge in [-0.25, -0.2) is 4.39 Å². The summed E-state index contributed by atoms with van der Waals surface area (Å²) in [6.45, 7) is 4.64. The molecule has 0 atom stereocenters. The van der Waals surface area contributed by atoms with Gasteiger partial charge >= 0.3 is 0 Å². The summed E-state index contributed by atoms with van der Waals surface area (Å²) in [7, 11) is 0. The number of benzene rings is 1. The van der Waals surface area contributed by atoms with Crippen LogP contribution in [-0.2, 0) is 13.0 Å². The molecule has 0 saturated heterocycles. The molecule has 0 bridgehead atoms. The van der Waals surface area contributed by atoms with Gasteiger partial charge in [0.05, 0.1) is 13.0 Å². The average Bonchev–Trinajstić information content (AvgIpc) is 2.77. The SMILES string of the molecule is CC(C)NCc1noc(Cc2ccccc2F)n1. The molecule has 2 aromatic rings. The third-order valence-electron chi connectivity index (χ3n) is 2.48. The van der Waals surface area contributed by atoms with Crippen LogP contribution in [0, 0.1) is 5.82 Å². The summed E-state index contributed by atoms with van der Waals surface area (Å²) in [6.07, 6.45) is 0.321. The maximum Gasteiger partial charge on any atom is 0.231 e. The van der Waals surface area contributed by atoms with E-state index >= 15 is 0 Å². The number of hydrogen-bond acceptors (Lipinski definition) is 4. The number of halogens is 1. The van der Waals surface area contributed by atoms with Crippen molar-refractivity contribution in [2.75, 3.05) is 0 Å². The first-order valence-corrected chi connectivity index (χ1v) is 5.93. The van der Waals surface area contributed by atoms with Crippen LogP contribution in [0.5, 0.6) is 0 Å². The van der Waals surface area contributed by atoms with Crippen LogP contribution in [0.15, 0.2) is 28.8 Å². The molecule has 0 spiro atoms. The van der Waals surface area contributed by atoms with Gasteiger partial charge in [0.25, 0.3) is 0 Å². The molecule has 0 fully saturated rings. The molecule has 1 aromatic carbocycles. The predicted molar refractivity (Wildman–Crippen MR) is 65.5 cm³/mol. The van der Waals surface area contributed by atoms with E-state index in [1.807, 2.05) is 13.8 Å². The minimum Gasteiger partial charge on any atom is -0.339 e. The summed E-state index contributed by atoms with van der Waals surface area (Å²) in [6, 6.07) is 6.94. The van der Waals surface area contributed by atoms with Gasteiger partial charge in [0.1, 0.15) is 5.82 Å². The highest BCUT2D eigenvalue weighted by atomic mass is 19.1. The number of aromatic nitrogens is 2. The van der Waals surface area contributed by atoms with Crippen LogP contribution in [-0.4, -0.2) is 16.2 Å². The Bertz CT molecular complexity index is 510. The highest BCUT2D eigenvalue weighted by Crippen LogP contribution is 2.11. The number of hydrogen-bond donors (Lipinski definition) is 1. The van der Waals surface area contributed by atoms with Crippen LogP contribution >= 0.6 is 0 Å². The van der Waals surface area contributed by atoms with E-state index in [-0.39, 0.29) is 5.82 Å². The quantitative estimate of drug-likeness (QED) is 0.883. The van der Waals surface area contributed by atoms with E-state index < -0.39 is 0 Å². The molecule has 1 aromatic heterocycles. The Labute approximate surface area is 105 Å². The fraction of sp³-hybridized carbons (Fsp3) is 0.385. The van der Waals surface area contributed by atoms with Crippen molar-refractivity contribution in [2.45, 2.75) is 32.9 Å². The largest absolute Gasteiger partial charge is 0.339 e. The predicted octanol–water partition coefficient (Wildman–Crippen LogP) is 2.30. The number of rotatable bonds is 5. The zero-order valence-electron chi connectivity index (χ0n) is 10.5. The van der Waals surface area contributed by atoms with Gasteiger partial charge < -0.3 is 9.84 Å². The zero-order chi connectivity index (χ0) is 13.0. The van der Waals surface area contributed by atoms with E-state index in [1.165, 1.54) is 6.07 Å². The summed E-state index contributed by atoms with van der Waals surface area (Å²) >= 11 is 0. The molecule has 18 heavy (non-hydrogen) atoms. The molecule has 96 valence electrons. The van der Waals surface area contributed by atoms with Gasteiger partial charge in [-0.3, -0.25) is 0 Å². The lowest BCUT2D eigenvalue weighted by Crippen LogP contribution is -2.22. The number of nitrogens with zero attached hydrogens (tertiary/aromatic N) is 2. The Kier molecular flexibility index (Phi) is 4.04. The summed E-state index contributed by atoms with van der Waals surface area (Å²) in [5.74, 6) is 0.772. The maximum atomic E-state index is 13.4. The first kappa shape index (κ1) is 12.7. The van der Waals surface area contributed by atoms with Crippen molar-refractivity contribution >= 4 is 0 Å². The number of nitrogens with one attached hydrogen (secondary N) is 1. The molecule has 4 nitrogen and oxygen atoms in total. The molecule has 0 amide bonds. The lowest BCUT2D eigenvalue weighted by molar-refractivity contribution is 0.375. The van der Waals surface area contributed by atoms with E-state index in [1.54, 1.807) is 18.2 Å². The minimum absolute atomic E-state index is 0.252. The van der Waals surface area contributed by atoms with Crippen molar-refractivity contribution < 1.29 is 8.91 Å². The molecule has 0 unspecified atom stereocenters. The van der Waals surface area contributed by atoms with Crippen molar-refractivity contribution in [3.05, 3.63) is 47.4 Å². The van der Waals surface area contributed by atoms with Gasteiger partial charge in [-0.15, -0.1) is 0 Å². The standard InChI is InChI=1S/C13H16FN3O/c1-9(2)15-8-12-16-13(18-17-12)7-10-5-3-4-6-11(10)14/h3-6,9,15H,7-8H2,1-2H3. The van der Waals surface area contributed by atoms with Crippen molar-refractivity contribution in [1.82, 2.24) is 15.5 Å². The van der Waals surface area contributed by atoms with Crippen LogP contribution in [0.2, 0.25) is 0 Å². The van der Waals surface area contributed by atoms with Gasteiger partial charge in [-0.1, -0.05) is 37.2 Å². The van der Waals surface area contributed by atoms with E-state index in [0.717, 1.165) is 0 Å². The molecule has 1 N–H and O–H groups in total. The minimum atomic E-state index is -0.252. The maximum absolute atomic E-state index is 13.4.